The fourth-order valence-electron chi connectivity index (χ4n) is 1.11. The first kappa shape index (κ1) is 14.5. The highest BCUT2D eigenvalue weighted by atomic mass is 16.1. The van der Waals surface area contributed by atoms with E-state index in [1.165, 1.54) is 0 Å². The van der Waals surface area contributed by atoms with Crippen LogP contribution in [-0.2, 0) is 4.79 Å². The molecule has 0 spiro atoms. The van der Waals surface area contributed by atoms with E-state index in [0.717, 1.165) is 13.3 Å². The zero-order chi connectivity index (χ0) is 11.5. The molecule has 84 valence electrons. The van der Waals surface area contributed by atoms with Crippen LogP contribution in [0, 0.1) is 0 Å². The van der Waals surface area contributed by atoms with Gasteiger partial charge in [0.05, 0.1) is 34.3 Å². The molecule has 0 aliphatic carbocycles. The second kappa shape index (κ2) is 10.0. The van der Waals surface area contributed by atoms with Crippen molar-refractivity contribution in [2.75, 3.05) is 34.1 Å². The van der Waals surface area contributed by atoms with Crippen molar-refractivity contribution in [3.8, 4) is 0 Å². The summed E-state index contributed by atoms with van der Waals surface area (Å²) in [4.78, 5) is 13.3. The highest BCUT2D eigenvalue weighted by molar-refractivity contribution is 7.01. The molecule has 7 heteroatoms. The molecule has 0 aromatic rings. The summed E-state index contributed by atoms with van der Waals surface area (Å²) in [7, 11) is 7.48. The lowest BCUT2D eigenvalue weighted by atomic mass is 9.39. The molecular weight excluding hydrogens is 190 g/mol. The normalized spacial score (nSPS) is 10.1. The van der Waals surface area contributed by atoms with E-state index in [4.69, 9.17) is 0 Å². The van der Waals surface area contributed by atoms with E-state index < -0.39 is 0 Å². The summed E-state index contributed by atoms with van der Waals surface area (Å²) in [5.74, 6) is 0.0466. The molecule has 5 nitrogen and oxygen atoms in total. The van der Waals surface area contributed by atoms with Crippen LogP contribution in [0.1, 0.15) is 0 Å². The average molecular weight is 210 g/mol. The van der Waals surface area contributed by atoms with Gasteiger partial charge in [0.2, 0.25) is 5.91 Å². The van der Waals surface area contributed by atoms with E-state index in [2.05, 4.69) is 16.0 Å². The minimum absolute atomic E-state index is 0.0466. The third kappa shape index (κ3) is 8.47. The van der Waals surface area contributed by atoms with E-state index in [1.54, 1.807) is 0 Å². The van der Waals surface area contributed by atoms with Gasteiger partial charge in [-0.1, -0.05) is 6.82 Å². The van der Waals surface area contributed by atoms with Crippen LogP contribution < -0.4 is 16.0 Å². The molecule has 0 aromatic heterocycles. The van der Waals surface area contributed by atoms with E-state index in [9.17, 15) is 4.79 Å². The quantitative estimate of drug-likeness (QED) is 0.320. The zero-order valence-electron chi connectivity index (χ0n) is 9.84. The van der Waals surface area contributed by atoms with Crippen LogP contribution in [0.15, 0.2) is 0 Å². The molecule has 0 aliphatic heterocycles. The molecule has 0 aliphatic rings. The van der Waals surface area contributed by atoms with E-state index in [1.807, 2.05) is 40.2 Å². The van der Waals surface area contributed by atoms with Crippen LogP contribution in [0.3, 0.4) is 0 Å². The molecule has 1 amide bonds. The van der Waals surface area contributed by atoms with E-state index in [0.29, 0.717) is 13.0 Å². The van der Waals surface area contributed by atoms with Crippen molar-refractivity contribution in [1.29, 1.82) is 0 Å². The number of rotatable bonds is 9. The van der Waals surface area contributed by atoms with Gasteiger partial charge in [-0.2, -0.15) is 0 Å². The van der Waals surface area contributed by atoms with Crippen LogP contribution in [-0.4, -0.2) is 59.2 Å². The van der Waals surface area contributed by atoms with Crippen molar-refractivity contribution in [2.24, 2.45) is 0 Å². The average Bonchev–Trinajstić information content (AvgIpc) is 2.23. The Kier molecular flexibility index (Phi) is 9.67. The van der Waals surface area contributed by atoms with Crippen molar-refractivity contribution in [1.82, 2.24) is 20.9 Å². The van der Waals surface area contributed by atoms with Crippen molar-refractivity contribution >= 4 is 20.2 Å². The molecule has 0 rings (SSSR count). The Morgan fingerprint density at radius 3 is 2.27 bits per heavy atom. The lowest BCUT2D eigenvalue weighted by Crippen LogP contribution is -2.45. The summed E-state index contributed by atoms with van der Waals surface area (Å²) in [6, 6.07) is 0. The molecule has 3 N–H and O–H groups in total. The summed E-state index contributed by atoms with van der Waals surface area (Å²) >= 11 is 0. The first-order valence-corrected chi connectivity index (χ1v) is 5.14. The lowest BCUT2D eigenvalue weighted by Gasteiger charge is -2.21. The summed E-state index contributed by atoms with van der Waals surface area (Å²) in [5.41, 5.74) is 0. The molecule has 0 saturated heterocycles. The maximum absolute atomic E-state index is 11.3. The minimum Gasteiger partial charge on any atom is -0.344 e. The number of nitrogens with one attached hydrogen (secondary N) is 3. The maximum atomic E-state index is 11.3. The number of nitrogens with zero attached hydrogens (tertiary/aromatic N) is 1. The van der Waals surface area contributed by atoms with Crippen LogP contribution in [0.4, 0.5) is 0 Å². The van der Waals surface area contributed by atoms with Crippen LogP contribution in [0.25, 0.3) is 0 Å². The number of amides is 1. The fraction of sp³-hybridized carbons (Fsp3) is 0.875. The van der Waals surface area contributed by atoms with E-state index in [-0.39, 0.29) is 5.91 Å². The predicted octanol–water partition coefficient (Wildman–Crippen LogP) is -1.49. The first-order chi connectivity index (χ1) is 7.24. The van der Waals surface area contributed by atoms with Gasteiger partial charge in [-0.3, -0.25) is 9.69 Å². The third-order valence-electron chi connectivity index (χ3n) is 1.80. The maximum Gasteiger partial charge on any atom is 0.212 e. The number of carbonyl (C=O) groups is 1. The Bertz CT molecular complexity index is 165. The monoisotopic (exact) mass is 210 g/mol. The Balaban J connectivity index is 3.62. The predicted molar refractivity (Wildman–Crippen MR) is 64.9 cm³/mol. The summed E-state index contributed by atoms with van der Waals surface area (Å²) in [6.07, 6.45) is 0.448. The van der Waals surface area contributed by atoms with E-state index >= 15 is 0 Å². The van der Waals surface area contributed by atoms with Crippen LogP contribution >= 0.6 is 0 Å². The molecule has 0 unspecified atom stereocenters. The second-order valence-electron chi connectivity index (χ2n) is 3.23. The van der Waals surface area contributed by atoms with Gasteiger partial charge in [0, 0.05) is 0 Å². The number of hydrogen-bond donors (Lipinski definition) is 3. The molecule has 0 aromatic carbocycles. The Hall–Kier alpha value is -0.520. The molecular formula is C8H20B2N4O. The van der Waals surface area contributed by atoms with Crippen molar-refractivity contribution in [3.63, 3.8) is 0 Å². The third-order valence-corrected chi connectivity index (χ3v) is 1.80. The largest absolute Gasteiger partial charge is 0.344 e. The summed E-state index contributed by atoms with van der Waals surface area (Å²) < 4.78 is 0. The van der Waals surface area contributed by atoms with Crippen molar-refractivity contribution in [2.45, 2.75) is 13.1 Å². The van der Waals surface area contributed by atoms with Gasteiger partial charge in [-0.05, 0) is 20.4 Å². The fourth-order valence-corrected chi connectivity index (χ4v) is 1.11. The SMILES string of the molecule is C[B][B]CC(=O)NCN(CNC)CNC. The van der Waals surface area contributed by atoms with Gasteiger partial charge < -0.3 is 16.0 Å². The number of carbonyl (C=O) groups excluding carboxylic acids is 1. The van der Waals surface area contributed by atoms with Gasteiger partial charge in [-0.25, -0.2) is 0 Å². The molecule has 15 heavy (non-hydrogen) atoms. The summed E-state index contributed by atoms with van der Waals surface area (Å²) in [5, 5.41) is 8.92. The highest BCUT2D eigenvalue weighted by Crippen LogP contribution is 1.82. The first-order valence-electron chi connectivity index (χ1n) is 5.14. The van der Waals surface area contributed by atoms with Gasteiger partial charge >= 0.3 is 0 Å². The molecule has 0 bridgehead atoms. The van der Waals surface area contributed by atoms with Crippen LogP contribution in [0.2, 0.25) is 13.1 Å². The Morgan fingerprint density at radius 2 is 1.80 bits per heavy atom. The Labute approximate surface area is 93.8 Å². The van der Waals surface area contributed by atoms with Crippen molar-refractivity contribution in [3.05, 3.63) is 0 Å². The molecule has 0 saturated carbocycles. The van der Waals surface area contributed by atoms with Gasteiger partial charge in [-0.15, -0.1) is 0 Å². The smallest absolute Gasteiger partial charge is 0.212 e. The summed E-state index contributed by atoms with van der Waals surface area (Å²) in [6.45, 7) is 3.94. The van der Waals surface area contributed by atoms with Gasteiger partial charge in [0.25, 0.3) is 0 Å². The highest BCUT2D eigenvalue weighted by Gasteiger charge is 2.04. The van der Waals surface area contributed by atoms with Crippen molar-refractivity contribution < 1.29 is 4.79 Å². The minimum atomic E-state index is 0.0466. The molecule has 0 heterocycles. The standard InChI is InChI=1S/C8H20B2N4O/c1-9-10-4-8(15)13-7-14(5-11-2)6-12-3/h11-12H,4-7H2,1-3H3,(H,13,15). The van der Waals surface area contributed by atoms with Crippen LogP contribution in [0.5, 0.6) is 0 Å². The lowest BCUT2D eigenvalue weighted by molar-refractivity contribution is -0.119. The molecule has 0 fully saturated rings. The Morgan fingerprint density at radius 1 is 1.20 bits per heavy atom. The second-order valence-corrected chi connectivity index (χ2v) is 3.23. The molecule has 2 radical (unpaired) electrons. The number of hydrogen-bond acceptors (Lipinski definition) is 4. The van der Waals surface area contributed by atoms with Gasteiger partial charge in [0.15, 0.2) is 0 Å². The zero-order valence-corrected chi connectivity index (χ0v) is 9.84. The topological polar surface area (TPSA) is 56.4 Å². The molecule has 0 atom stereocenters. The van der Waals surface area contributed by atoms with Gasteiger partial charge in [0.1, 0.15) is 0 Å².